The number of urea groups is 1. The molecular weight excluding hydrogens is 398 g/mol. The van der Waals surface area contributed by atoms with Gasteiger partial charge < -0.3 is 15.5 Å². The Bertz CT molecular complexity index is 1000. The van der Waals surface area contributed by atoms with E-state index in [0.29, 0.717) is 18.7 Å². The topological polar surface area (TPSA) is 61.4 Å². The highest BCUT2D eigenvalue weighted by Crippen LogP contribution is 2.20. The van der Waals surface area contributed by atoms with E-state index in [1.165, 1.54) is 5.56 Å². The molecule has 1 saturated heterocycles. The maximum absolute atomic E-state index is 13.0. The maximum atomic E-state index is 13.0. The molecule has 0 bridgehead atoms. The van der Waals surface area contributed by atoms with Crippen LogP contribution in [0.5, 0.6) is 0 Å². The molecule has 3 amide bonds. The summed E-state index contributed by atoms with van der Waals surface area (Å²) in [5, 5.41) is 6.33. The molecule has 0 aromatic heterocycles. The van der Waals surface area contributed by atoms with E-state index in [2.05, 4.69) is 34.9 Å². The van der Waals surface area contributed by atoms with Crippen LogP contribution in [-0.2, 0) is 6.42 Å². The van der Waals surface area contributed by atoms with Crippen molar-refractivity contribution in [2.75, 3.05) is 13.1 Å². The number of benzene rings is 3. The van der Waals surface area contributed by atoms with Crippen molar-refractivity contribution in [3.05, 3.63) is 108 Å². The Morgan fingerprint density at radius 2 is 1.38 bits per heavy atom. The van der Waals surface area contributed by atoms with Gasteiger partial charge in [-0.05, 0) is 42.5 Å². The van der Waals surface area contributed by atoms with Crippen molar-refractivity contribution >= 4 is 11.9 Å². The zero-order valence-corrected chi connectivity index (χ0v) is 18.1. The Balaban J connectivity index is 1.33. The molecular formula is C27H29N3O2. The normalized spacial score (nSPS) is 15.1. The average Bonchev–Trinajstić information content (AvgIpc) is 2.86. The third-order valence-electron chi connectivity index (χ3n) is 5.94. The number of nitrogens with zero attached hydrogens (tertiary/aromatic N) is 1. The predicted octanol–water partition coefficient (Wildman–Crippen LogP) is 4.57. The summed E-state index contributed by atoms with van der Waals surface area (Å²) >= 11 is 0. The van der Waals surface area contributed by atoms with Crippen LogP contribution in [0.15, 0.2) is 91.0 Å². The summed E-state index contributed by atoms with van der Waals surface area (Å²) < 4.78 is 0. The molecule has 5 heteroatoms. The van der Waals surface area contributed by atoms with E-state index in [-0.39, 0.29) is 24.0 Å². The molecule has 32 heavy (non-hydrogen) atoms. The van der Waals surface area contributed by atoms with Crippen LogP contribution in [0, 0.1) is 0 Å². The number of rotatable bonds is 6. The van der Waals surface area contributed by atoms with E-state index >= 15 is 0 Å². The molecule has 164 valence electrons. The largest absolute Gasteiger partial charge is 0.349 e. The van der Waals surface area contributed by atoms with Gasteiger partial charge in [0.05, 0.1) is 6.04 Å². The lowest BCUT2D eigenvalue weighted by atomic mass is 9.99. The zero-order chi connectivity index (χ0) is 22.2. The van der Waals surface area contributed by atoms with Crippen LogP contribution in [0.4, 0.5) is 4.79 Å². The van der Waals surface area contributed by atoms with Gasteiger partial charge in [0.15, 0.2) is 0 Å². The van der Waals surface area contributed by atoms with Gasteiger partial charge in [-0.1, -0.05) is 78.9 Å². The maximum Gasteiger partial charge on any atom is 0.317 e. The summed E-state index contributed by atoms with van der Waals surface area (Å²) in [6.45, 7) is 1.25. The van der Waals surface area contributed by atoms with Gasteiger partial charge in [0.2, 0.25) is 0 Å². The molecule has 0 saturated carbocycles. The van der Waals surface area contributed by atoms with Gasteiger partial charge in [0.25, 0.3) is 5.91 Å². The number of nitrogens with one attached hydrogen (secondary N) is 2. The van der Waals surface area contributed by atoms with Crippen LogP contribution in [0.25, 0.3) is 0 Å². The second-order valence-electron chi connectivity index (χ2n) is 8.20. The molecule has 1 fully saturated rings. The van der Waals surface area contributed by atoms with E-state index < -0.39 is 0 Å². The first-order valence-electron chi connectivity index (χ1n) is 11.2. The predicted molar refractivity (Wildman–Crippen MR) is 126 cm³/mol. The molecule has 4 rings (SSSR count). The van der Waals surface area contributed by atoms with E-state index in [9.17, 15) is 9.59 Å². The Hall–Kier alpha value is -3.60. The minimum atomic E-state index is -0.0957. The zero-order valence-electron chi connectivity index (χ0n) is 18.1. The SMILES string of the molecule is O=C(NC1CCN(C(=O)NC(Cc2ccccc2)c2ccccc2)CC1)c1ccccc1. The minimum absolute atomic E-state index is 0.0531. The number of carbonyl (C=O) groups excluding carboxylic acids is 2. The second kappa shape index (κ2) is 10.6. The van der Waals surface area contributed by atoms with E-state index in [0.717, 1.165) is 24.8 Å². The Morgan fingerprint density at radius 1 is 0.812 bits per heavy atom. The van der Waals surface area contributed by atoms with Gasteiger partial charge in [-0.15, -0.1) is 0 Å². The quantitative estimate of drug-likeness (QED) is 0.605. The fraction of sp³-hybridized carbons (Fsp3) is 0.259. The monoisotopic (exact) mass is 427 g/mol. The molecule has 0 radical (unpaired) electrons. The fourth-order valence-corrected chi connectivity index (χ4v) is 4.11. The molecule has 1 aliphatic heterocycles. The van der Waals surface area contributed by atoms with Crippen LogP contribution in [0.1, 0.15) is 40.4 Å². The molecule has 1 unspecified atom stereocenters. The fourth-order valence-electron chi connectivity index (χ4n) is 4.11. The number of amides is 3. The van der Waals surface area contributed by atoms with Gasteiger partial charge in [0.1, 0.15) is 0 Å². The third kappa shape index (κ3) is 5.76. The number of piperidine rings is 1. The van der Waals surface area contributed by atoms with Gasteiger partial charge in [-0.25, -0.2) is 4.79 Å². The van der Waals surface area contributed by atoms with Crippen molar-refractivity contribution in [1.29, 1.82) is 0 Å². The summed E-state index contributed by atoms with van der Waals surface area (Å²) in [5.74, 6) is -0.0551. The Morgan fingerprint density at radius 3 is 2.00 bits per heavy atom. The molecule has 3 aromatic carbocycles. The minimum Gasteiger partial charge on any atom is -0.349 e. The summed E-state index contributed by atoms with van der Waals surface area (Å²) in [7, 11) is 0. The lowest BCUT2D eigenvalue weighted by molar-refractivity contribution is 0.0917. The molecule has 1 heterocycles. The number of hydrogen-bond donors (Lipinski definition) is 2. The van der Waals surface area contributed by atoms with Crippen LogP contribution in [0.2, 0.25) is 0 Å². The Labute approximate surface area is 189 Å². The van der Waals surface area contributed by atoms with Gasteiger partial charge in [0, 0.05) is 24.7 Å². The van der Waals surface area contributed by atoms with Crippen LogP contribution >= 0.6 is 0 Å². The third-order valence-corrected chi connectivity index (χ3v) is 5.94. The van der Waals surface area contributed by atoms with Crippen molar-refractivity contribution in [1.82, 2.24) is 15.5 Å². The highest BCUT2D eigenvalue weighted by Gasteiger charge is 2.26. The summed E-state index contributed by atoms with van der Waals surface area (Å²) in [6.07, 6.45) is 2.24. The smallest absolute Gasteiger partial charge is 0.317 e. The first-order chi connectivity index (χ1) is 15.7. The van der Waals surface area contributed by atoms with Crippen LogP contribution < -0.4 is 10.6 Å². The number of hydrogen-bond acceptors (Lipinski definition) is 2. The number of likely N-dealkylation sites (tertiary alicyclic amines) is 1. The molecule has 5 nitrogen and oxygen atoms in total. The molecule has 3 aromatic rings. The van der Waals surface area contributed by atoms with Crippen LogP contribution in [0.3, 0.4) is 0 Å². The van der Waals surface area contributed by atoms with Gasteiger partial charge >= 0.3 is 6.03 Å². The second-order valence-corrected chi connectivity index (χ2v) is 8.20. The first-order valence-corrected chi connectivity index (χ1v) is 11.2. The highest BCUT2D eigenvalue weighted by atomic mass is 16.2. The highest BCUT2D eigenvalue weighted by molar-refractivity contribution is 5.94. The lowest BCUT2D eigenvalue weighted by Gasteiger charge is -2.33. The standard InChI is InChI=1S/C27H29N3O2/c31-26(23-14-8-3-9-15-23)28-24-16-18-30(19-17-24)27(32)29-25(22-12-6-2-7-13-22)20-21-10-4-1-5-11-21/h1-15,24-25H,16-20H2,(H,28,31)(H,29,32). The number of carbonyl (C=O) groups is 2. The van der Waals surface area contributed by atoms with Crippen molar-refractivity contribution in [3.63, 3.8) is 0 Å². The van der Waals surface area contributed by atoms with Crippen molar-refractivity contribution in [2.45, 2.75) is 31.3 Å². The van der Waals surface area contributed by atoms with E-state index in [4.69, 9.17) is 0 Å². The van der Waals surface area contributed by atoms with E-state index in [1.54, 1.807) is 0 Å². The van der Waals surface area contributed by atoms with Crippen molar-refractivity contribution in [3.8, 4) is 0 Å². The lowest BCUT2D eigenvalue weighted by Crippen LogP contribution is -2.50. The molecule has 0 spiro atoms. The first kappa shape index (κ1) is 21.6. The van der Waals surface area contributed by atoms with Gasteiger partial charge in [-0.2, -0.15) is 0 Å². The molecule has 1 aliphatic rings. The van der Waals surface area contributed by atoms with Crippen molar-refractivity contribution < 1.29 is 9.59 Å². The summed E-state index contributed by atoms with van der Waals surface area (Å²) in [6, 6.07) is 29.5. The van der Waals surface area contributed by atoms with Gasteiger partial charge in [-0.3, -0.25) is 4.79 Å². The molecule has 2 N–H and O–H groups in total. The molecule has 0 aliphatic carbocycles. The average molecular weight is 428 g/mol. The summed E-state index contributed by atoms with van der Waals surface area (Å²) in [4.78, 5) is 27.3. The molecule has 1 atom stereocenters. The Kier molecular flexibility index (Phi) is 7.18. The van der Waals surface area contributed by atoms with Crippen molar-refractivity contribution in [2.24, 2.45) is 0 Å². The summed E-state index contributed by atoms with van der Waals surface area (Å²) in [5.41, 5.74) is 2.94. The van der Waals surface area contributed by atoms with E-state index in [1.807, 2.05) is 71.6 Å². The van der Waals surface area contributed by atoms with Crippen LogP contribution in [-0.4, -0.2) is 36.0 Å².